The van der Waals surface area contributed by atoms with Crippen LogP contribution in [0, 0.1) is 0 Å². The molecule has 6 nitrogen and oxygen atoms in total. The van der Waals surface area contributed by atoms with Crippen molar-refractivity contribution < 1.29 is 19.1 Å². The van der Waals surface area contributed by atoms with E-state index in [0.717, 1.165) is 16.5 Å². The Bertz CT molecular complexity index is 1020. The molecule has 1 aromatic heterocycles. The largest absolute Gasteiger partial charge is 0.465 e. The molecule has 0 aliphatic rings. The van der Waals surface area contributed by atoms with Crippen LogP contribution in [0.3, 0.4) is 0 Å². The lowest BCUT2D eigenvalue weighted by Crippen LogP contribution is -2.28. The lowest BCUT2D eigenvalue weighted by atomic mass is 9.99. The standard InChI is InChI=1S/C22H22N2O4/c1-22(2,3)28-21(26)24-19-17(20(25)27-4)10-9-14-7-8-15(12-18(14)19)16-6-5-11-23-13-16/h5-13H,1-4H3,(H,24,26). The Balaban J connectivity index is 2.15. The first kappa shape index (κ1) is 19.4. The normalized spacial score (nSPS) is 11.1. The van der Waals surface area contributed by atoms with Crippen LogP contribution in [0.5, 0.6) is 0 Å². The molecule has 2 aromatic carbocycles. The SMILES string of the molecule is COC(=O)c1ccc2ccc(-c3cccnc3)cc2c1NC(=O)OC(C)(C)C. The first-order valence-corrected chi connectivity index (χ1v) is 8.84. The van der Waals surface area contributed by atoms with E-state index >= 15 is 0 Å². The van der Waals surface area contributed by atoms with Gasteiger partial charge in [0.2, 0.25) is 0 Å². The van der Waals surface area contributed by atoms with E-state index in [9.17, 15) is 9.59 Å². The molecule has 0 aliphatic heterocycles. The third kappa shape index (κ3) is 4.28. The van der Waals surface area contributed by atoms with E-state index in [4.69, 9.17) is 9.47 Å². The second kappa shape index (κ2) is 7.68. The maximum absolute atomic E-state index is 12.4. The van der Waals surface area contributed by atoms with Crippen LogP contribution < -0.4 is 5.32 Å². The summed E-state index contributed by atoms with van der Waals surface area (Å²) in [4.78, 5) is 28.8. The van der Waals surface area contributed by atoms with Gasteiger partial charge in [0, 0.05) is 23.3 Å². The number of hydrogen-bond donors (Lipinski definition) is 1. The second-order valence-electron chi connectivity index (χ2n) is 7.28. The number of fused-ring (bicyclic) bond motifs is 1. The summed E-state index contributed by atoms with van der Waals surface area (Å²) >= 11 is 0. The number of hydrogen-bond acceptors (Lipinski definition) is 5. The van der Waals surface area contributed by atoms with Crippen LogP contribution in [-0.4, -0.2) is 29.8 Å². The van der Waals surface area contributed by atoms with Crippen molar-refractivity contribution in [3.05, 3.63) is 60.4 Å². The number of anilines is 1. The van der Waals surface area contributed by atoms with Crippen molar-refractivity contribution >= 4 is 28.5 Å². The van der Waals surface area contributed by atoms with Gasteiger partial charge in [-0.3, -0.25) is 10.3 Å². The Morgan fingerprint density at radius 2 is 1.79 bits per heavy atom. The van der Waals surface area contributed by atoms with Crippen LogP contribution in [0.25, 0.3) is 21.9 Å². The van der Waals surface area contributed by atoms with E-state index in [1.54, 1.807) is 39.2 Å². The van der Waals surface area contributed by atoms with Gasteiger partial charge in [-0.05, 0) is 49.9 Å². The highest BCUT2D eigenvalue weighted by molar-refractivity contribution is 6.11. The molecule has 0 unspecified atom stereocenters. The van der Waals surface area contributed by atoms with Crippen molar-refractivity contribution in [3.63, 3.8) is 0 Å². The summed E-state index contributed by atoms with van der Waals surface area (Å²) in [7, 11) is 1.30. The molecule has 144 valence electrons. The molecular formula is C22H22N2O4. The van der Waals surface area contributed by atoms with Crippen molar-refractivity contribution in [1.29, 1.82) is 0 Å². The van der Waals surface area contributed by atoms with E-state index in [2.05, 4.69) is 10.3 Å². The number of benzene rings is 2. The van der Waals surface area contributed by atoms with E-state index in [1.165, 1.54) is 7.11 Å². The van der Waals surface area contributed by atoms with Crippen LogP contribution in [0.2, 0.25) is 0 Å². The maximum Gasteiger partial charge on any atom is 0.412 e. The van der Waals surface area contributed by atoms with Crippen molar-refractivity contribution in [3.8, 4) is 11.1 Å². The number of carbonyl (C=O) groups excluding carboxylic acids is 2. The third-order valence-corrected chi connectivity index (χ3v) is 4.05. The summed E-state index contributed by atoms with van der Waals surface area (Å²) in [6.45, 7) is 5.33. The quantitative estimate of drug-likeness (QED) is 0.646. The average molecular weight is 378 g/mol. The minimum Gasteiger partial charge on any atom is -0.465 e. The van der Waals surface area contributed by atoms with Gasteiger partial charge in [0.05, 0.1) is 18.4 Å². The van der Waals surface area contributed by atoms with Crippen molar-refractivity contribution in [2.45, 2.75) is 26.4 Å². The molecular weight excluding hydrogens is 356 g/mol. The van der Waals surface area contributed by atoms with Gasteiger partial charge in [-0.1, -0.05) is 24.3 Å². The highest BCUT2D eigenvalue weighted by atomic mass is 16.6. The number of nitrogens with zero attached hydrogens (tertiary/aromatic N) is 1. The summed E-state index contributed by atoms with van der Waals surface area (Å²) in [5, 5.41) is 4.30. The number of pyridine rings is 1. The molecule has 28 heavy (non-hydrogen) atoms. The van der Waals surface area contributed by atoms with Gasteiger partial charge in [0.15, 0.2) is 0 Å². The Hall–Kier alpha value is -3.41. The molecule has 0 saturated heterocycles. The molecule has 3 rings (SSSR count). The zero-order chi connectivity index (χ0) is 20.3. The smallest absolute Gasteiger partial charge is 0.412 e. The summed E-state index contributed by atoms with van der Waals surface area (Å²) in [5.74, 6) is -0.542. The third-order valence-electron chi connectivity index (χ3n) is 4.05. The molecule has 0 saturated carbocycles. The monoisotopic (exact) mass is 378 g/mol. The van der Waals surface area contributed by atoms with E-state index < -0.39 is 17.7 Å². The van der Waals surface area contributed by atoms with Crippen LogP contribution in [0.4, 0.5) is 10.5 Å². The van der Waals surface area contributed by atoms with Gasteiger partial charge < -0.3 is 9.47 Å². The predicted octanol–water partition coefficient (Wildman–Crippen LogP) is 5.04. The van der Waals surface area contributed by atoms with Crippen LogP contribution in [0.1, 0.15) is 31.1 Å². The van der Waals surface area contributed by atoms with Crippen molar-refractivity contribution in [2.75, 3.05) is 12.4 Å². The van der Waals surface area contributed by atoms with Crippen LogP contribution in [0.15, 0.2) is 54.9 Å². The summed E-state index contributed by atoms with van der Waals surface area (Å²) in [5.41, 5.74) is 1.78. The average Bonchev–Trinajstić information content (AvgIpc) is 2.66. The number of aromatic nitrogens is 1. The zero-order valence-electron chi connectivity index (χ0n) is 16.3. The summed E-state index contributed by atoms with van der Waals surface area (Å²) in [6.07, 6.45) is 2.82. The van der Waals surface area contributed by atoms with E-state index in [0.29, 0.717) is 11.1 Å². The molecule has 0 spiro atoms. The number of amides is 1. The molecule has 1 amide bonds. The van der Waals surface area contributed by atoms with Crippen molar-refractivity contribution in [2.24, 2.45) is 0 Å². The molecule has 0 bridgehead atoms. The molecule has 0 aliphatic carbocycles. The van der Waals surface area contributed by atoms with Gasteiger partial charge in [0.25, 0.3) is 0 Å². The topological polar surface area (TPSA) is 77.5 Å². The Labute approximate surface area is 163 Å². The van der Waals surface area contributed by atoms with Gasteiger partial charge in [-0.2, -0.15) is 0 Å². The van der Waals surface area contributed by atoms with Crippen LogP contribution in [-0.2, 0) is 9.47 Å². The minimum absolute atomic E-state index is 0.254. The fraction of sp³-hybridized carbons (Fsp3) is 0.227. The minimum atomic E-state index is -0.666. The first-order chi connectivity index (χ1) is 13.3. The highest BCUT2D eigenvalue weighted by Gasteiger charge is 2.21. The van der Waals surface area contributed by atoms with Crippen LogP contribution >= 0.6 is 0 Å². The molecule has 0 fully saturated rings. The molecule has 1 N–H and O–H groups in total. The first-order valence-electron chi connectivity index (χ1n) is 8.84. The van der Waals surface area contributed by atoms with Gasteiger partial charge in [-0.25, -0.2) is 9.59 Å². The Kier molecular flexibility index (Phi) is 5.31. The molecule has 3 aromatic rings. The molecule has 0 radical (unpaired) electrons. The number of rotatable bonds is 3. The van der Waals surface area contributed by atoms with Crippen molar-refractivity contribution in [1.82, 2.24) is 4.98 Å². The number of ether oxygens (including phenoxy) is 2. The number of methoxy groups -OCH3 is 1. The lowest BCUT2D eigenvalue weighted by Gasteiger charge is -2.21. The highest BCUT2D eigenvalue weighted by Crippen LogP contribution is 2.32. The zero-order valence-corrected chi connectivity index (χ0v) is 16.3. The predicted molar refractivity (Wildman–Crippen MR) is 108 cm³/mol. The van der Waals surface area contributed by atoms with E-state index in [-0.39, 0.29) is 5.56 Å². The van der Waals surface area contributed by atoms with E-state index in [1.807, 2.05) is 36.4 Å². The molecule has 6 heteroatoms. The second-order valence-corrected chi connectivity index (χ2v) is 7.28. The fourth-order valence-corrected chi connectivity index (χ4v) is 2.85. The fourth-order valence-electron chi connectivity index (χ4n) is 2.85. The molecule has 1 heterocycles. The summed E-state index contributed by atoms with van der Waals surface area (Å²) in [6, 6.07) is 13.0. The Morgan fingerprint density at radius 3 is 2.43 bits per heavy atom. The Morgan fingerprint density at radius 1 is 1.04 bits per heavy atom. The van der Waals surface area contributed by atoms with Gasteiger partial charge in [0.1, 0.15) is 5.60 Å². The molecule has 0 atom stereocenters. The number of nitrogens with one attached hydrogen (secondary N) is 1. The van der Waals surface area contributed by atoms with Gasteiger partial charge >= 0.3 is 12.1 Å². The lowest BCUT2D eigenvalue weighted by molar-refractivity contribution is 0.0602. The number of esters is 1. The summed E-state index contributed by atoms with van der Waals surface area (Å²) < 4.78 is 10.2. The number of carbonyl (C=O) groups is 2. The maximum atomic E-state index is 12.4. The van der Waals surface area contributed by atoms with Gasteiger partial charge in [-0.15, -0.1) is 0 Å².